The maximum Gasteiger partial charge on any atom is 0.234 e. The molecule has 132 valence electrons. The van der Waals surface area contributed by atoms with Gasteiger partial charge in [0.05, 0.1) is 19.0 Å². The number of ether oxygens (including phenoxy) is 1. The number of hydrogen-bond acceptors (Lipinski definition) is 4. The van der Waals surface area contributed by atoms with Crippen molar-refractivity contribution in [3.63, 3.8) is 0 Å². The molecule has 0 unspecified atom stereocenters. The van der Waals surface area contributed by atoms with Crippen molar-refractivity contribution in [2.24, 2.45) is 11.7 Å². The van der Waals surface area contributed by atoms with E-state index >= 15 is 0 Å². The molecule has 1 aliphatic heterocycles. The van der Waals surface area contributed by atoms with Gasteiger partial charge in [-0.15, -0.1) is 0 Å². The van der Waals surface area contributed by atoms with E-state index in [1.165, 1.54) is 5.56 Å². The first-order chi connectivity index (χ1) is 11.5. The zero-order valence-electron chi connectivity index (χ0n) is 14.5. The molecule has 2 rings (SSSR count). The zero-order chi connectivity index (χ0) is 17.5. The van der Waals surface area contributed by atoms with Crippen LogP contribution in [0.2, 0.25) is 0 Å². The average molecular weight is 333 g/mol. The van der Waals surface area contributed by atoms with Crippen LogP contribution in [0.5, 0.6) is 5.75 Å². The standard InChI is InChI=1S/C18H27N3O3/c1-13-5-6-16(14(2)10-13)24-9-7-20-17(22)12-21-8-3-4-15(11-21)18(19)23/h5-6,10,15H,3-4,7-9,11-12H2,1-2H3,(H2,19,23)(H,20,22)/t15-/m0/s1. The second kappa shape index (κ2) is 8.68. The molecule has 1 aromatic rings. The molecule has 0 spiro atoms. The van der Waals surface area contributed by atoms with Crippen molar-refractivity contribution >= 4 is 11.8 Å². The lowest BCUT2D eigenvalue weighted by Crippen LogP contribution is -2.46. The van der Waals surface area contributed by atoms with Gasteiger partial charge in [0.15, 0.2) is 0 Å². The summed E-state index contributed by atoms with van der Waals surface area (Å²) >= 11 is 0. The Balaban J connectivity index is 1.67. The number of benzene rings is 1. The van der Waals surface area contributed by atoms with E-state index in [9.17, 15) is 9.59 Å². The van der Waals surface area contributed by atoms with Gasteiger partial charge in [-0.1, -0.05) is 17.7 Å². The van der Waals surface area contributed by atoms with Crippen LogP contribution in [0, 0.1) is 19.8 Å². The summed E-state index contributed by atoms with van der Waals surface area (Å²) in [6, 6.07) is 6.02. The first-order valence-corrected chi connectivity index (χ1v) is 8.44. The Kier molecular flexibility index (Phi) is 6.61. The van der Waals surface area contributed by atoms with Gasteiger partial charge in [0.1, 0.15) is 12.4 Å². The molecule has 3 N–H and O–H groups in total. The number of piperidine rings is 1. The van der Waals surface area contributed by atoms with Crippen LogP contribution < -0.4 is 15.8 Å². The van der Waals surface area contributed by atoms with Gasteiger partial charge in [0, 0.05) is 6.54 Å². The fraction of sp³-hybridized carbons (Fsp3) is 0.556. The van der Waals surface area contributed by atoms with Gasteiger partial charge >= 0.3 is 0 Å². The van der Waals surface area contributed by atoms with E-state index in [0.717, 1.165) is 30.7 Å². The van der Waals surface area contributed by atoms with Gasteiger partial charge in [0.25, 0.3) is 0 Å². The lowest BCUT2D eigenvalue weighted by molar-refractivity contribution is -0.126. The topological polar surface area (TPSA) is 84.7 Å². The van der Waals surface area contributed by atoms with Gasteiger partial charge in [-0.05, 0) is 44.9 Å². The Morgan fingerprint density at radius 1 is 1.38 bits per heavy atom. The highest BCUT2D eigenvalue weighted by Gasteiger charge is 2.24. The first kappa shape index (κ1) is 18.3. The van der Waals surface area contributed by atoms with Crippen LogP contribution in [0.25, 0.3) is 0 Å². The monoisotopic (exact) mass is 333 g/mol. The predicted octanol–water partition coefficient (Wildman–Crippen LogP) is 0.996. The van der Waals surface area contributed by atoms with Crippen LogP contribution in [0.4, 0.5) is 0 Å². The Bertz CT molecular complexity index is 589. The molecule has 1 heterocycles. The van der Waals surface area contributed by atoms with Gasteiger partial charge in [-0.25, -0.2) is 0 Å². The van der Waals surface area contributed by atoms with Gasteiger partial charge in [-0.2, -0.15) is 0 Å². The fourth-order valence-electron chi connectivity index (χ4n) is 3.00. The number of amides is 2. The number of aryl methyl sites for hydroxylation is 2. The number of nitrogens with two attached hydrogens (primary N) is 1. The number of likely N-dealkylation sites (tertiary alicyclic amines) is 1. The van der Waals surface area contributed by atoms with Crippen molar-refractivity contribution in [2.75, 3.05) is 32.8 Å². The molecule has 1 fully saturated rings. The largest absolute Gasteiger partial charge is 0.491 e. The minimum atomic E-state index is -0.276. The van der Waals surface area contributed by atoms with E-state index in [1.54, 1.807) is 0 Å². The van der Waals surface area contributed by atoms with Crippen molar-refractivity contribution < 1.29 is 14.3 Å². The summed E-state index contributed by atoms with van der Waals surface area (Å²) < 4.78 is 5.69. The predicted molar refractivity (Wildman–Crippen MR) is 92.8 cm³/mol. The second-order valence-electron chi connectivity index (χ2n) is 6.44. The summed E-state index contributed by atoms with van der Waals surface area (Å²) in [6.07, 6.45) is 1.72. The number of primary amides is 1. The van der Waals surface area contributed by atoms with Gasteiger partial charge in [0.2, 0.25) is 11.8 Å². The van der Waals surface area contributed by atoms with Crippen molar-refractivity contribution in [1.82, 2.24) is 10.2 Å². The summed E-state index contributed by atoms with van der Waals surface area (Å²) in [5.74, 6) is 0.376. The van der Waals surface area contributed by atoms with E-state index in [0.29, 0.717) is 26.2 Å². The van der Waals surface area contributed by atoms with E-state index in [-0.39, 0.29) is 17.7 Å². The lowest BCUT2D eigenvalue weighted by Gasteiger charge is -2.30. The summed E-state index contributed by atoms with van der Waals surface area (Å²) in [4.78, 5) is 25.2. The number of rotatable bonds is 7. The highest BCUT2D eigenvalue weighted by atomic mass is 16.5. The zero-order valence-corrected chi connectivity index (χ0v) is 14.5. The minimum Gasteiger partial charge on any atom is -0.491 e. The Hall–Kier alpha value is -2.08. The van der Waals surface area contributed by atoms with Crippen LogP contribution >= 0.6 is 0 Å². The van der Waals surface area contributed by atoms with E-state index < -0.39 is 0 Å². The molecule has 6 nitrogen and oxygen atoms in total. The van der Waals surface area contributed by atoms with Crippen LogP contribution in [0.15, 0.2) is 18.2 Å². The fourth-order valence-corrected chi connectivity index (χ4v) is 3.00. The summed E-state index contributed by atoms with van der Waals surface area (Å²) in [5, 5.41) is 2.85. The molecular formula is C18H27N3O3. The molecule has 0 aromatic heterocycles. The van der Waals surface area contributed by atoms with E-state index in [1.807, 2.05) is 30.9 Å². The molecule has 0 radical (unpaired) electrons. The highest BCUT2D eigenvalue weighted by Crippen LogP contribution is 2.18. The molecular weight excluding hydrogens is 306 g/mol. The van der Waals surface area contributed by atoms with Crippen molar-refractivity contribution in [3.8, 4) is 5.75 Å². The third-order valence-corrected chi connectivity index (χ3v) is 4.29. The van der Waals surface area contributed by atoms with Crippen molar-refractivity contribution in [3.05, 3.63) is 29.3 Å². The molecule has 1 aromatic carbocycles. The smallest absolute Gasteiger partial charge is 0.234 e. The molecule has 1 saturated heterocycles. The van der Waals surface area contributed by atoms with E-state index in [2.05, 4.69) is 11.4 Å². The Morgan fingerprint density at radius 2 is 2.17 bits per heavy atom. The molecule has 24 heavy (non-hydrogen) atoms. The summed E-state index contributed by atoms with van der Waals surface area (Å²) in [6.45, 7) is 6.64. The Labute approximate surface area is 143 Å². The van der Waals surface area contributed by atoms with Crippen molar-refractivity contribution in [1.29, 1.82) is 0 Å². The van der Waals surface area contributed by atoms with Crippen LogP contribution in [-0.2, 0) is 9.59 Å². The molecule has 0 aliphatic carbocycles. The minimum absolute atomic E-state index is 0.0515. The molecule has 1 aliphatic rings. The normalized spacial score (nSPS) is 18.2. The van der Waals surface area contributed by atoms with E-state index in [4.69, 9.17) is 10.5 Å². The van der Waals surface area contributed by atoms with Gasteiger partial charge in [-0.3, -0.25) is 14.5 Å². The SMILES string of the molecule is Cc1ccc(OCCNC(=O)CN2CCC[C@H](C(N)=O)C2)c(C)c1. The number of carbonyl (C=O) groups is 2. The summed E-state index contributed by atoms with van der Waals surface area (Å²) in [7, 11) is 0. The summed E-state index contributed by atoms with van der Waals surface area (Å²) in [5.41, 5.74) is 7.64. The number of carbonyl (C=O) groups excluding carboxylic acids is 2. The van der Waals surface area contributed by atoms with Crippen LogP contribution in [0.1, 0.15) is 24.0 Å². The third-order valence-electron chi connectivity index (χ3n) is 4.29. The maximum atomic E-state index is 12.0. The Morgan fingerprint density at radius 3 is 2.88 bits per heavy atom. The highest BCUT2D eigenvalue weighted by molar-refractivity contribution is 5.79. The molecule has 6 heteroatoms. The third kappa shape index (κ3) is 5.53. The average Bonchev–Trinajstić information content (AvgIpc) is 2.53. The quantitative estimate of drug-likeness (QED) is 0.729. The molecule has 0 saturated carbocycles. The number of nitrogens with zero attached hydrogens (tertiary/aromatic N) is 1. The van der Waals surface area contributed by atoms with Gasteiger partial charge < -0.3 is 15.8 Å². The number of hydrogen-bond donors (Lipinski definition) is 2. The van der Waals surface area contributed by atoms with Crippen molar-refractivity contribution in [2.45, 2.75) is 26.7 Å². The van der Waals surface area contributed by atoms with Crippen LogP contribution in [-0.4, -0.2) is 49.5 Å². The molecule has 1 atom stereocenters. The second-order valence-corrected chi connectivity index (χ2v) is 6.44. The molecule has 0 bridgehead atoms. The number of nitrogens with one attached hydrogen (secondary N) is 1. The first-order valence-electron chi connectivity index (χ1n) is 8.44. The van der Waals surface area contributed by atoms with Crippen LogP contribution in [0.3, 0.4) is 0 Å². The maximum absolute atomic E-state index is 12.0. The molecule has 2 amide bonds. The lowest BCUT2D eigenvalue weighted by atomic mass is 9.97.